The van der Waals surface area contributed by atoms with Gasteiger partial charge in [0, 0.05) is 31.2 Å². The Morgan fingerprint density at radius 3 is 2.73 bits per heavy atom. The van der Waals surface area contributed by atoms with E-state index in [4.69, 9.17) is 0 Å². The van der Waals surface area contributed by atoms with Gasteiger partial charge in [-0.05, 0) is 37.8 Å². The van der Waals surface area contributed by atoms with E-state index in [9.17, 15) is 9.59 Å². The first-order chi connectivity index (χ1) is 10.6. The standard InChI is InChI=1S/C18H24N2O2/c1-3-10-20-15-9-8-14(17(20)21)11-19(12-15)18(22)16-7-5-4-6-13(16)2/h4-7,14-15H,3,8-12H2,1-2H3/t14-,15+/m1/s1. The highest BCUT2D eigenvalue weighted by Crippen LogP contribution is 2.30. The number of hydrogen-bond donors (Lipinski definition) is 0. The molecule has 0 saturated carbocycles. The van der Waals surface area contributed by atoms with Crippen LogP contribution in [0.2, 0.25) is 0 Å². The van der Waals surface area contributed by atoms with Crippen molar-refractivity contribution in [3.8, 4) is 0 Å². The van der Waals surface area contributed by atoms with Gasteiger partial charge in [-0.15, -0.1) is 0 Å². The summed E-state index contributed by atoms with van der Waals surface area (Å²) in [6, 6.07) is 7.90. The molecule has 0 aromatic heterocycles. The van der Waals surface area contributed by atoms with Gasteiger partial charge in [0.1, 0.15) is 0 Å². The Morgan fingerprint density at radius 1 is 1.23 bits per heavy atom. The molecule has 2 amide bonds. The number of hydrogen-bond acceptors (Lipinski definition) is 2. The summed E-state index contributed by atoms with van der Waals surface area (Å²) < 4.78 is 0. The van der Waals surface area contributed by atoms with Crippen LogP contribution < -0.4 is 0 Å². The molecule has 0 unspecified atom stereocenters. The van der Waals surface area contributed by atoms with Gasteiger partial charge in [-0.3, -0.25) is 9.59 Å². The Hall–Kier alpha value is -1.84. The van der Waals surface area contributed by atoms with Crippen LogP contribution in [0.3, 0.4) is 0 Å². The molecule has 118 valence electrons. The molecule has 0 spiro atoms. The van der Waals surface area contributed by atoms with Crippen LogP contribution in [-0.4, -0.2) is 47.3 Å². The maximum Gasteiger partial charge on any atom is 0.254 e. The fourth-order valence-electron chi connectivity index (χ4n) is 3.72. The average Bonchev–Trinajstić information content (AvgIpc) is 2.80. The highest BCUT2D eigenvalue weighted by Gasteiger charge is 2.41. The van der Waals surface area contributed by atoms with Gasteiger partial charge in [-0.2, -0.15) is 0 Å². The lowest BCUT2D eigenvalue weighted by molar-refractivity contribution is -0.139. The van der Waals surface area contributed by atoms with Crippen molar-refractivity contribution in [3.05, 3.63) is 35.4 Å². The molecular weight excluding hydrogens is 276 g/mol. The summed E-state index contributed by atoms with van der Waals surface area (Å²) in [6.07, 6.45) is 2.91. The monoisotopic (exact) mass is 300 g/mol. The van der Waals surface area contributed by atoms with E-state index in [0.29, 0.717) is 13.1 Å². The van der Waals surface area contributed by atoms with Gasteiger partial charge in [0.15, 0.2) is 0 Å². The number of fused-ring (bicyclic) bond motifs is 4. The smallest absolute Gasteiger partial charge is 0.254 e. The molecule has 1 aromatic carbocycles. The molecule has 3 aliphatic rings. The average molecular weight is 300 g/mol. The van der Waals surface area contributed by atoms with Crippen LogP contribution in [0, 0.1) is 12.8 Å². The van der Waals surface area contributed by atoms with Gasteiger partial charge < -0.3 is 9.80 Å². The number of rotatable bonds is 3. The highest BCUT2D eigenvalue weighted by atomic mass is 16.2. The quantitative estimate of drug-likeness (QED) is 0.860. The Kier molecular flexibility index (Phi) is 4.19. The van der Waals surface area contributed by atoms with Crippen LogP contribution >= 0.6 is 0 Å². The summed E-state index contributed by atoms with van der Waals surface area (Å²) in [7, 11) is 0. The molecule has 3 heterocycles. The molecule has 0 aliphatic carbocycles. The Morgan fingerprint density at radius 2 is 2.00 bits per heavy atom. The first-order valence-electron chi connectivity index (χ1n) is 8.27. The van der Waals surface area contributed by atoms with E-state index in [-0.39, 0.29) is 23.8 Å². The fraction of sp³-hybridized carbons (Fsp3) is 0.556. The number of carbonyl (C=O) groups excluding carboxylic acids is 2. The van der Waals surface area contributed by atoms with E-state index in [1.807, 2.05) is 41.0 Å². The van der Waals surface area contributed by atoms with Crippen molar-refractivity contribution in [2.45, 2.75) is 39.2 Å². The molecule has 3 saturated heterocycles. The number of piperidine rings is 1. The summed E-state index contributed by atoms with van der Waals surface area (Å²) in [6.45, 7) is 6.13. The molecule has 3 aliphatic heterocycles. The van der Waals surface area contributed by atoms with Crippen molar-refractivity contribution in [2.24, 2.45) is 5.92 Å². The van der Waals surface area contributed by atoms with Crippen LogP contribution in [0.25, 0.3) is 0 Å². The first-order valence-corrected chi connectivity index (χ1v) is 8.27. The highest BCUT2D eigenvalue weighted by molar-refractivity contribution is 5.96. The molecule has 4 rings (SSSR count). The van der Waals surface area contributed by atoms with Crippen LogP contribution in [0.15, 0.2) is 24.3 Å². The topological polar surface area (TPSA) is 40.6 Å². The Balaban J connectivity index is 1.84. The zero-order chi connectivity index (χ0) is 15.7. The minimum atomic E-state index is -0.0155. The predicted molar refractivity (Wildman–Crippen MR) is 85.6 cm³/mol. The van der Waals surface area contributed by atoms with Crippen molar-refractivity contribution in [1.29, 1.82) is 0 Å². The second kappa shape index (κ2) is 6.11. The van der Waals surface area contributed by atoms with Crippen LogP contribution in [0.1, 0.15) is 42.1 Å². The predicted octanol–water partition coefficient (Wildman–Crippen LogP) is 2.47. The minimum absolute atomic E-state index is 0.0155. The molecule has 3 fully saturated rings. The van der Waals surface area contributed by atoms with E-state index in [1.165, 1.54) is 0 Å². The summed E-state index contributed by atoms with van der Waals surface area (Å²) in [4.78, 5) is 29.3. The molecule has 4 nitrogen and oxygen atoms in total. The van der Waals surface area contributed by atoms with Crippen molar-refractivity contribution < 1.29 is 9.59 Å². The molecule has 1 aromatic rings. The van der Waals surface area contributed by atoms with Gasteiger partial charge in [-0.25, -0.2) is 0 Å². The van der Waals surface area contributed by atoms with Crippen molar-refractivity contribution in [2.75, 3.05) is 19.6 Å². The van der Waals surface area contributed by atoms with Crippen molar-refractivity contribution in [1.82, 2.24) is 9.80 Å². The maximum atomic E-state index is 12.9. The number of benzene rings is 1. The second-order valence-corrected chi connectivity index (χ2v) is 6.48. The summed E-state index contributed by atoms with van der Waals surface area (Å²) >= 11 is 0. The summed E-state index contributed by atoms with van der Waals surface area (Å²) in [5.74, 6) is 0.303. The van der Waals surface area contributed by atoms with Crippen molar-refractivity contribution in [3.63, 3.8) is 0 Å². The normalized spacial score (nSPS) is 24.5. The molecule has 2 bridgehead atoms. The lowest BCUT2D eigenvalue weighted by Crippen LogP contribution is -2.48. The molecule has 2 atom stereocenters. The van der Waals surface area contributed by atoms with Gasteiger partial charge in [0.2, 0.25) is 5.91 Å². The molecule has 0 N–H and O–H groups in total. The third-order valence-electron chi connectivity index (χ3n) is 4.92. The largest absolute Gasteiger partial charge is 0.338 e. The Labute approximate surface area is 132 Å². The van der Waals surface area contributed by atoms with Gasteiger partial charge in [-0.1, -0.05) is 25.1 Å². The number of carbonyl (C=O) groups is 2. The van der Waals surface area contributed by atoms with Crippen LogP contribution in [0.4, 0.5) is 0 Å². The Bertz CT molecular complexity index is 584. The molecular formula is C18H24N2O2. The molecule has 4 heteroatoms. The molecule has 0 radical (unpaired) electrons. The van der Waals surface area contributed by atoms with E-state index < -0.39 is 0 Å². The van der Waals surface area contributed by atoms with Gasteiger partial charge in [0.05, 0.1) is 5.92 Å². The van der Waals surface area contributed by atoms with E-state index >= 15 is 0 Å². The van der Waals surface area contributed by atoms with Gasteiger partial charge in [0.25, 0.3) is 5.91 Å². The zero-order valence-corrected chi connectivity index (χ0v) is 13.4. The number of aryl methyl sites for hydroxylation is 1. The lowest BCUT2D eigenvalue weighted by atomic mass is 9.94. The van der Waals surface area contributed by atoms with Crippen LogP contribution in [0.5, 0.6) is 0 Å². The number of nitrogens with zero attached hydrogens (tertiary/aromatic N) is 2. The third kappa shape index (κ3) is 2.62. The number of amides is 2. The third-order valence-corrected chi connectivity index (χ3v) is 4.92. The lowest BCUT2D eigenvalue weighted by Gasteiger charge is -2.35. The zero-order valence-electron chi connectivity index (χ0n) is 13.4. The minimum Gasteiger partial charge on any atom is -0.338 e. The first kappa shape index (κ1) is 15.1. The summed E-state index contributed by atoms with van der Waals surface area (Å²) in [5, 5.41) is 0. The van der Waals surface area contributed by atoms with E-state index in [2.05, 4.69) is 6.92 Å². The van der Waals surface area contributed by atoms with Gasteiger partial charge >= 0.3 is 0 Å². The van der Waals surface area contributed by atoms with E-state index in [1.54, 1.807) is 0 Å². The maximum absolute atomic E-state index is 12.9. The second-order valence-electron chi connectivity index (χ2n) is 6.48. The van der Waals surface area contributed by atoms with E-state index in [0.717, 1.165) is 36.9 Å². The molecule has 22 heavy (non-hydrogen) atoms. The summed E-state index contributed by atoms with van der Waals surface area (Å²) in [5.41, 5.74) is 1.76. The van der Waals surface area contributed by atoms with Crippen molar-refractivity contribution >= 4 is 11.8 Å². The van der Waals surface area contributed by atoms with Crippen LogP contribution in [-0.2, 0) is 4.79 Å². The SMILES string of the molecule is CCCN1C(=O)[C@@H]2CC[C@H]1CN(C(=O)c1ccccc1C)C2. The fourth-order valence-corrected chi connectivity index (χ4v) is 3.72.